The monoisotopic (exact) mass is 385 g/mol. The van der Waals surface area contributed by atoms with Crippen LogP contribution < -0.4 is 4.74 Å². The second-order valence-corrected chi connectivity index (χ2v) is 8.30. The molecule has 1 aliphatic heterocycles. The Labute approximate surface area is 170 Å². The molecule has 2 unspecified atom stereocenters. The maximum atomic E-state index is 12.1. The van der Waals surface area contributed by atoms with Crippen molar-refractivity contribution >= 4 is 0 Å². The molecule has 1 aliphatic carbocycles. The number of nitriles is 1. The minimum Gasteiger partial charge on any atom is -0.475 e. The van der Waals surface area contributed by atoms with E-state index in [1.165, 1.54) is 0 Å². The molecule has 3 atom stereocenters. The van der Waals surface area contributed by atoms with Crippen molar-refractivity contribution < 1.29 is 9.84 Å². The van der Waals surface area contributed by atoms with Gasteiger partial charge in [-0.1, -0.05) is 42.5 Å². The smallest absolute Gasteiger partial charge is 0.175 e. The average molecular weight is 385 g/mol. The van der Waals surface area contributed by atoms with Crippen molar-refractivity contribution in [1.29, 1.82) is 5.26 Å². The van der Waals surface area contributed by atoms with Crippen molar-refractivity contribution in [3.8, 4) is 11.8 Å². The van der Waals surface area contributed by atoms with Gasteiger partial charge in [0.15, 0.2) is 17.0 Å². The SMILES string of the molecule is CC(C)n1cc2c(n1)[C@]1(O)CCC(c3ccccc3)C1(c1ccc(C#N)cc1)O2. The zero-order valence-corrected chi connectivity index (χ0v) is 16.5. The maximum Gasteiger partial charge on any atom is 0.175 e. The summed E-state index contributed by atoms with van der Waals surface area (Å²) in [7, 11) is 0. The van der Waals surface area contributed by atoms with Gasteiger partial charge in [-0.2, -0.15) is 10.4 Å². The minimum atomic E-state index is -1.23. The number of fused-ring (bicyclic) bond motifs is 3. The van der Waals surface area contributed by atoms with E-state index in [0.717, 1.165) is 17.5 Å². The number of rotatable bonds is 3. The van der Waals surface area contributed by atoms with Crippen molar-refractivity contribution in [3.05, 3.63) is 83.2 Å². The Morgan fingerprint density at radius 1 is 1.17 bits per heavy atom. The van der Waals surface area contributed by atoms with Crippen LogP contribution in [-0.2, 0) is 11.2 Å². The van der Waals surface area contributed by atoms with Crippen LogP contribution in [-0.4, -0.2) is 14.9 Å². The first kappa shape index (κ1) is 18.0. The van der Waals surface area contributed by atoms with Crippen molar-refractivity contribution in [2.45, 2.75) is 49.9 Å². The van der Waals surface area contributed by atoms with E-state index in [0.29, 0.717) is 23.4 Å². The normalized spacial score (nSPS) is 27.3. The zero-order valence-electron chi connectivity index (χ0n) is 16.5. The predicted molar refractivity (Wildman–Crippen MR) is 108 cm³/mol. The summed E-state index contributed by atoms with van der Waals surface area (Å²) in [6.45, 7) is 4.11. The Hall–Kier alpha value is -3.10. The summed E-state index contributed by atoms with van der Waals surface area (Å²) < 4.78 is 8.51. The standard InChI is InChI=1S/C24H23N3O2/c1-16(2)27-15-21-22(26-27)23(28)13-12-20(18-6-4-3-5-7-18)24(23,29-21)19-10-8-17(14-25)9-11-19/h3-11,15-16,20,28H,12-13H2,1-2H3/t20?,23-,24?/m1/s1. The molecule has 0 radical (unpaired) electrons. The third kappa shape index (κ3) is 2.33. The summed E-state index contributed by atoms with van der Waals surface area (Å²) >= 11 is 0. The molecule has 0 saturated heterocycles. The number of aromatic nitrogens is 2. The Morgan fingerprint density at radius 3 is 2.55 bits per heavy atom. The topological polar surface area (TPSA) is 71.1 Å². The van der Waals surface area contributed by atoms with Gasteiger partial charge in [-0.05, 0) is 49.9 Å². The van der Waals surface area contributed by atoms with E-state index in [1.54, 1.807) is 12.1 Å². The number of nitrogens with zero attached hydrogens (tertiary/aromatic N) is 3. The van der Waals surface area contributed by atoms with Gasteiger partial charge in [-0.25, -0.2) is 0 Å². The fraction of sp³-hybridized carbons (Fsp3) is 0.333. The molecule has 5 rings (SSSR count). The first-order valence-corrected chi connectivity index (χ1v) is 10.1. The lowest BCUT2D eigenvalue weighted by Gasteiger charge is -2.40. The molecule has 3 aromatic rings. The second kappa shape index (κ2) is 6.20. The van der Waals surface area contributed by atoms with E-state index in [4.69, 9.17) is 9.84 Å². The van der Waals surface area contributed by atoms with E-state index < -0.39 is 11.2 Å². The van der Waals surface area contributed by atoms with Crippen molar-refractivity contribution in [1.82, 2.24) is 9.78 Å². The third-order valence-electron chi connectivity index (χ3n) is 6.43. The molecule has 29 heavy (non-hydrogen) atoms. The number of hydrogen-bond donors (Lipinski definition) is 1. The average Bonchev–Trinajstić information content (AvgIpc) is 3.35. The van der Waals surface area contributed by atoms with E-state index in [9.17, 15) is 10.4 Å². The molecular formula is C24H23N3O2. The van der Waals surface area contributed by atoms with E-state index >= 15 is 0 Å². The Kier molecular flexibility index (Phi) is 3.84. The molecule has 0 amide bonds. The minimum absolute atomic E-state index is 0.0247. The predicted octanol–water partition coefficient (Wildman–Crippen LogP) is 4.39. The van der Waals surface area contributed by atoms with Crippen LogP contribution in [0.5, 0.6) is 5.75 Å². The molecule has 146 valence electrons. The highest BCUT2D eigenvalue weighted by Crippen LogP contribution is 2.66. The zero-order chi connectivity index (χ0) is 20.2. The molecule has 1 aromatic heterocycles. The molecule has 2 aliphatic rings. The van der Waals surface area contributed by atoms with Gasteiger partial charge in [0.2, 0.25) is 0 Å². The van der Waals surface area contributed by atoms with Crippen LogP contribution in [0.25, 0.3) is 0 Å². The van der Waals surface area contributed by atoms with Crippen LogP contribution in [0.4, 0.5) is 0 Å². The van der Waals surface area contributed by atoms with Gasteiger partial charge in [0.25, 0.3) is 0 Å². The van der Waals surface area contributed by atoms with Gasteiger partial charge in [-0.15, -0.1) is 0 Å². The molecule has 2 heterocycles. The quantitative estimate of drug-likeness (QED) is 0.726. The first-order chi connectivity index (χ1) is 14.0. The van der Waals surface area contributed by atoms with Crippen LogP contribution in [0.15, 0.2) is 60.8 Å². The summed E-state index contributed by atoms with van der Waals surface area (Å²) in [5.41, 5.74) is 1.03. The summed E-state index contributed by atoms with van der Waals surface area (Å²) in [5, 5.41) is 26.0. The number of hydrogen-bond acceptors (Lipinski definition) is 4. The third-order valence-corrected chi connectivity index (χ3v) is 6.43. The lowest BCUT2D eigenvalue weighted by atomic mass is 9.73. The highest BCUT2D eigenvalue weighted by atomic mass is 16.5. The van der Waals surface area contributed by atoms with E-state index in [1.807, 2.05) is 41.2 Å². The highest BCUT2D eigenvalue weighted by Gasteiger charge is 2.69. The van der Waals surface area contributed by atoms with Crippen LogP contribution in [0.1, 0.15) is 61.0 Å². The summed E-state index contributed by atoms with van der Waals surface area (Å²) in [4.78, 5) is 0. The van der Waals surface area contributed by atoms with Crippen LogP contribution >= 0.6 is 0 Å². The molecule has 0 spiro atoms. The van der Waals surface area contributed by atoms with Crippen LogP contribution in [0.2, 0.25) is 0 Å². The van der Waals surface area contributed by atoms with Gasteiger partial charge in [0.1, 0.15) is 5.69 Å². The van der Waals surface area contributed by atoms with Crippen molar-refractivity contribution in [3.63, 3.8) is 0 Å². The first-order valence-electron chi connectivity index (χ1n) is 10.1. The van der Waals surface area contributed by atoms with Gasteiger partial charge in [0, 0.05) is 12.0 Å². The summed E-state index contributed by atoms with van der Waals surface area (Å²) in [6.07, 6.45) is 3.24. The lowest BCUT2D eigenvalue weighted by molar-refractivity contribution is -0.109. The van der Waals surface area contributed by atoms with Gasteiger partial charge in [0.05, 0.1) is 17.8 Å². The Morgan fingerprint density at radius 2 is 1.90 bits per heavy atom. The van der Waals surface area contributed by atoms with Crippen LogP contribution in [0.3, 0.4) is 0 Å². The molecule has 2 aromatic carbocycles. The van der Waals surface area contributed by atoms with Crippen molar-refractivity contribution in [2.75, 3.05) is 0 Å². The Balaban J connectivity index is 1.71. The molecule has 1 N–H and O–H groups in total. The van der Waals surface area contributed by atoms with Gasteiger partial charge >= 0.3 is 0 Å². The molecule has 1 fully saturated rings. The lowest BCUT2D eigenvalue weighted by Crippen LogP contribution is -2.48. The Bertz CT molecular complexity index is 1100. The summed E-state index contributed by atoms with van der Waals surface area (Å²) in [6, 6.07) is 20.0. The van der Waals surface area contributed by atoms with E-state index in [2.05, 4.69) is 32.0 Å². The molecule has 5 nitrogen and oxygen atoms in total. The highest BCUT2D eigenvalue weighted by molar-refractivity contribution is 5.51. The molecule has 0 bridgehead atoms. The molecule has 5 heteroatoms. The van der Waals surface area contributed by atoms with E-state index in [-0.39, 0.29) is 12.0 Å². The van der Waals surface area contributed by atoms with Crippen molar-refractivity contribution in [2.24, 2.45) is 0 Å². The largest absolute Gasteiger partial charge is 0.475 e. The van der Waals surface area contributed by atoms with Gasteiger partial charge < -0.3 is 9.84 Å². The van der Waals surface area contributed by atoms with Crippen LogP contribution in [0, 0.1) is 11.3 Å². The number of aliphatic hydroxyl groups is 1. The molecule has 1 saturated carbocycles. The number of ether oxygens (including phenoxy) is 1. The fourth-order valence-corrected chi connectivity index (χ4v) is 5.03. The molecular weight excluding hydrogens is 362 g/mol. The maximum absolute atomic E-state index is 12.1. The second-order valence-electron chi connectivity index (χ2n) is 8.30. The number of benzene rings is 2. The summed E-state index contributed by atoms with van der Waals surface area (Å²) in [5.74, 6) is 0.620. The fourth-order valence-electron chi connectivity index (χ4n) is 5.03. The van der Waals surface area contributed by atoms with Gasteiger partial charge in [-0.3, -0.25) is 4.68 Å².